The molecule has 0 spiro atoms. The first kappa shape index (κ1) is 21.3. The van der Waals surface area contributed by atoms with E-state index in [2.05, 4.69) is 56.2 Å². The summed E-state index contributed by atoms with van der Waals surface area (Å²) < 4.78 is 0. The van der Waals surface area contributed by atoms with Crippen molar-refractivity contribution in [2.45, 2.75) is 78.3 Å². The van der Waals surface area contributed by atoms with Crippen LogP contribution in [0.2, 0.25) is 19.0 Å². The summed E-state index contributed by atoms with van der Waals surface area (Å²) in [6, 6.07) is 8.84. The van der Waals surface area contributed by atoms with E-state index in [1.807, 2.05) is 6.20 Å². The van der Waals surface area contributed by atoms with Crippen LogP contribution in [0.25, 0.3) is 10.8 Å². The van der Waals surface area contributed by atoms with E-state index in [4.69, 9.17) is 0 Å². The molecule has 1 aromatic carbocycles. The number of unbranched alkanes of at least 4 members (excludes halogenated alkanes) is 3. The van der Waals surface area contributed by atoms with Crippen LogP contribution in [-0.2, 0) is 0 Å². The van der Waals surface area contributed by atoms with Gasteiger partial charge in [-0.1, -0.05) is 88.9 Å². The van der Waals surface area contributed by atoms with Gasteiger partial charge in [-0.3, -0.25) is 4.98 Å². The molecule has 1 nitrogen and oxygen atoms in total. The summed E-state index contributed by atoms with van der Waals surface area (Å²) in [5, 5.41) is 2.76. The van der Waals surface area contributed by atoms with E-state index in [9.17, 15) is 0 Å². The van der Waals surface area contributed by atoms with Gasteiger partial charge in [0.05, 0.1) is 0 Å². The number of rotatable bonds is 10. The van der Waals surface area contributed by atoms with Crippen LogP contribution >= 0.6 is 0 Å². The number of fused-ring (bicyclic) bond motifs is 1. The van der Waals surface area contributed by atoms with Gasteiger partial charge >= 0.3 is 18.9 Å². The summed E-state index contributed by atoms with van der Waals surface area (Å²) in [5.74, 6) is 0. The van der Waals surface area contributed by atoms with Crippen molar-refractivity contribution in [3.63, 3.8) is 0 Å². The summed E-state index contributed by atoms with van der Waals surface area (Å²) in [5.41, 5.74) is 1.57. The molecule has 0 bridgehead atoms. The van der Waals surface area contributed by atoms with Crippen molar-refractivity contribution in [3.05, 3.63) is 36.7 Å². The molecule has 2 rings (SSSR count). The maximum Gasteiger partial charge on any atom is 1.00 e. The van der Waals surface area contributed by atoms with Crippen LogP contribution in [0.3, 0.4) is 0 Å². The third-order valence-corrected chi connectivity index (χ3v) is 5.69. The molecule has 0 saturated heterocycles. The summed E-state index contributed by atoms with van der Waals surface area (Å²) in [6.45, 7) is 6.96. The SMILES string of the molecule is CCCC[B-](CCCC)(CCCC)c1cncc2ccccc12.[Li+]. The monoisotopic (exact) mass is 317 g/mol. The zero-order valence-corrected chi connectivity index (χ0v) is 16.4. The summed E-state index contributed by atoms with van der Waals surface area (Å²) in [7, 11) is 0. The van der Waals surface area contributed by atoms with E-state index in [-0.39, 0.29) is 18.9 Å². The molecule has 126 valence electrons. The molecular weight excluding hydrogens is 284 g/mol. The normalized spacial score (nSPS) is 11.5. The van der Waals surface area contributed by atoms with Crippen molar-refractivity contribution < 1.29 is 18.9 Å². The molecule has 1 aromatic heterocycles. The van der Waals surface area contributed by atoms with Gasteiger partial charge in [-0.25, -0.2) is 0 Å². The van der Waals surface area contributed by atoms with Crippen molar-refractivity contribution in [1.82, 2.24) is 4.98 Å². The van der Waals surface area contributed by atoms with Crippen LogP contribution in [0.1, 0.15) is 59.3 Å². The first-order chi connectivity index (χ1) is 11.3. The van der Waals surface area contributed by atoms with E-state index in [0.29, 0.717) is 0 Å². The Kier molecular flexibility index (Phi) is 9.79. The molecule has 24 heavy (non-hydrogen) atoms. The van der Waals surface area contributed by atoms with E-state index in [1.54, 1.807) is 5.46 Å². The summed E-state index contributed by atoms with van der Waals surface area (Å²) >= 11 is 0. The van der Waals surface area contributed by atoms with E-state index in [1.165, 1.54) is 68.3 Å². The second-order valence-corrected chi connectivity index (χ2v) is 7.35. The Hall–Kier alpha value is -0.708. The second-order valence-electron chi connectivity index (χ2n) is 7.35. The quantitative estimate of drug-likeness (QED) is 0.613. The second kappa shape index (κ2) is 11.0. The Morgan fingerprint density at radius 1 is 0.792 bits per heavy atom. The minimum Gasteiger partial charge on any atom is -0.267 e. The Bertz CT molecular complexity index is 572. The number of hydrogen-bond donors (Lipinski definition) is 0. The number of benzene rings is 1. The van der Waals surface area contributed by atoms with E-state index < -0.39 is 6.15 Å². The average molecular weight is 317 g/mol. The maximum atomic E-state index is 4.62. The van der Waals surface area contributed by atoms with Gasteiger partial charge in [-0.15, -0.1) is 0 Å². The molecule has 1 heterocycles. The standard InChI is InChI=1S/C21H33BN.Li/c1-4-7-14-22(15-8-5-2,16-9-6-3)21-18-23-17-19-12-10-11-13-20(19)21;/h10-13,17-18H,4-9,14-16H2,1-3H3;/q-1;+1. The molecular formula is C21H33BLiN. The predicted octanol–water partition coefficient (Wildman–Crippen LogP) is 3.29. The number of pyridine rings is 1. The minimum absolute atomic E-state index is 0. The van der Waals surface area contributed by atoms with Gasteiger partial charge in [0, 0.05) is 12.3 Å². The fraction of sp³-hybridized carbons (Fsp3) is 0.571. The zero-order valence-electron chi connectivity index (χ0n) is 16.4. The fourth-order valence-corrected chi connectivity index (χ4v) is 4.31. The van der Waals surface area contributed by atoms with Gasteiger partial charge in [0.1, 0.15) is 0 Å². The average Bonchev–Trinajstić information content (AvgIpc) is 2.61. The van der Waals surface area contributed by atoms with Gasteiger partial charge < -0.3 is 0 Å². The summed E-state index contributed by atoms with van der Waals surface area (Å²) in [4.78, 5) is 4.62. The molecule has 0 radical (unpaired) electrons. The van der Waals surface area contributed by atoms with E-state index >= 15 is 0 Å². The first-order valence-corrected chi connectivity index (χ1v) is 9.81. The Morgan fingerprint density at radius 2 is 1.33 bits per heavy atom. The fourth-order valence-electron chi connectivity index (χ4n) is 4.31. The molecule has 0 amide bonds. The van der Waals surface area contributed by atoms with Crippen LogP contribution in [0.4, 0.5) is 0 Å². The van der Waals surface area contributed by atoms with Crippen LogP contribution in [-0.4, -0.2) is 11.1 Å². The van der Waals surface area contributed by atoms with Gasteiger partial charge in [0.2, 0.25) is 0 Å². The molecule has 0 aliphatic carbocycles. The minimum atomic E-state index is -0.484. The van der Waals surface area contributed by atoms with Gasteiger partial charge in [0.25, 0.3) is 0 Å². The van der Waals surface area contributed by atoms with Crippen molar-refractivity contribution in [3.8, 4) is 0 Å². The Balaban J connectivity index is 0.00000288. The molecule has 0 aliphatic rings. The van der Waals surface area contributed by atoms with Crippen molar-refractivity contribution in [1.29, 1.82) is 0 Å². The first-order valence-electron chi connectivity index (χ1n) is 9.81. The third kappa shape index (κ3) is 5.14. The van der Waals surface area contributed by atoms with Crippen LogP contribution in [0.15, 0.2) is 36.7 Å². The smallest absolute Gasteiger partial charge is 0.267 e. The molecule has 2 aromatic rings. The van der Waals surface area contributed by atoms with Crippen molar-refractivity contribution in [2.24, 2.45) is 0 Å². The molecule has 0 unspecified atom stereocenters. The number of hydrogen-bond acceptors (Lipinski definition) is 1. The zero-order chi connectivity index (χ0) is 16.5. The van der Waals surface area contributed by atoms with Gasteiger partial charge in [0.15, 0.2) is 0 Å². The third-order valence-electron chi connectivity index (χ3n) is 5.69. The van der Waals surface area contributed by atoms with Crippen molar-refractivity contribution in [2.75, 3.05) is 0 Å². The number of aromatic nitrogens is 1. The number of nitrogens with zero attached hydrogens (tertiary/aromatic N) is 1. The molecule has 0 aliphatic heterocycles. The van der Waals surface area contributed by atoms with Crippen LogP contribution < -0.4 is 24.3 Å². The molecule has 0 fully saturated rings. The predicted molar refractivity (Wildman–Crippen MR) is 106 cm³/mol. The summed E-state index contributed by atoms with van der Waals surface area (Å²) in [6.07, 6.45) is 15.7. The van der Waals surface area contributed by atoms with Gasteiger partial charge in [-0.05, 0) is 11.6 Å². The topological polar surface area (TPSA) is 12.9 Å². The molecule has 0 saturated carbocycles. The molecule has 0 N–H and O–H groups in total. The Morgan fingerprint density at radius 3 is 1.88 bits per heavy atom. The van der Waals surface area contributed by atoms with Crippen LogP contribution in [0, 0.1) is 0 Å². The molecule has 0 atom stereocenters. The van der Waals surface area contributed by atoms with E-state index in [0.717, 1.165) is 0 Å². The van der Waals surface area contributed by atoms with Crippen molar-refractivity contribution >= 4 is 22.4 Å². The Labute approximate surface area is 161 Å². The molecule has 3 heteroatoms. The van der Waals surface area contributed by atoms with Gasteiger partial charge in [-0.2, -0.15) is 24.4 Å². The largest absolute Gasteiger partial charge is 1.00 e. The van der Waals surface area contributed by atoms with Crippen LogP contribution in [0.5, 0.6) is 0 Å². The maximum absolute atomic E-state index is 4.62.